The molecule has 242 valence electrons. The quantitative estimate of drug-likeness (QED) is 0.186. The maximum atomic E-state index is 5.25. The summed E-state index contributed by atoms with van der Waals surface area (Å²) in [6, 6.07) is 58.1. The first-order valence-electron chi connectivity index (χ1n) is 17.4. The van der Waals surface area contributed by atoms with Crippen LogP contribution in [0.1, 0.15) is 0 Å². The van der Waals surface area contributed by atoms with Gasteiger partial charge < -0.3 is 4.57 Å². The van der Waals surface area contributed by atoms with Gasteiger partial charge in [0.25, 0.3) is 0 Å². The molecule has 0 bridgehead atoms. The molecule has 0 radical (unpaired) electrons. The molecule has 5 heteroatoms. The Morgan fingerprint density at radius 1 is 0.481 bits per heavy atom. The fourth-order valence-electron chi connectivity index (χ4n) is 7.84. The Balaban J connectivity index is 1.12. The van der Waals surface area contributed by atoms with Crippen LogP contribution in [0.4, 0.5) is 0 Å². The highest BCUT2D eigenvalue weighted by Crippen LogP contribution is 2.42. The highest BCUT2D eigenvalue weighted by Gasteiger charge is 2.20. The van der Waals surface area contributed by atoms with E-state index < -0.39 is 0 Å². The SMILES string of the molecule is c1ccc(-c2ccc3sc4c(-c5ccccc5)nc(-c5ccc(-n6c7ccc8ccccc8c7c7c8ccccc8ccc76)cn5)nc4c3c2)cc1. The zero-order valence-corrected chi connectivity index (χ0v) is 28.7. The molecule has 0 saturated heterocycles. The van der Waals surface area contributed by atoms with Gasteiger partial charge >= 0.3 is 0 Å². The van der Waals surface area contributed by atoms with Gasteiger partial charge in [0.1, 0.15) is 5.69 Å². The van der Waals surface area contributed by atoms with Crippen molar-refractivity contribution in [3.8, 4) is 39.6 Å². The van der Waals surface area contributed by atoms with E-state index in [1.165, 1.54) is 48.1 Å². The lowest BCUT2D eigenvalue weighted by Gasteiger charge is -2.10. The molecule has 0 atom stereocenters. The molecule has 52 heavy (non-hydrogen) atoms. The molecule has 4 nitrogen and oxygen atoms in total. The maximum absolute atomic E-state index is 5.25. The Morgan fingerprint density at radius 3 is 1.77 bits per heavy atom. The van der Waals surface area contributed by atoms with E-state index in [2.05, 4.69) is 162 Å². The number of hydrogen-bond donors (Lipinski definition) is 0. The number of thiophene rings is 1. The molecule has 0 unspecified atom stereocenters. The molecule has 0 aliphatic carbocycles. The van der Waals surface area contributed by atoms with Crippen molar-refractivity contribution in [1.82, 2.24) is 19.5 Å². The third-order valence-electron chi connectivity index (χ3n) is 10.2. The van der Waals surface area contributed by atoms with Gasteiger partial charge in [0.05, 0.1) is 38.8 Å². The first-order chi connectivity index (χ1) is 25.8. The van der Waals surface area contributed by atoms with Gasteiger partial charge in [0.15, 0.2) is 5.82 Å². The molecule has 0 amide bonds. The van der Waals surface area contributed by atoms with Crippen molar-refractivity contribution < 1.29 is 0 Å². The second kappa shape index (κ2) is 11.4. The van der Waals surface area contributed by atoms with Crippen LogP contribution in [0, 0.1) is 0 Å². The summed E-state index contributed by atoms with van der Waals surface area (Å²) >= 11 is 1.75. The molecule has 7 aromatic carbocycles. The number of aromatic nitrogens is 4. The van der Waals surface area contributed by atoms with E-state index in [0.717, 1.165) is 49.3 Å². The summed E-state index contributed by atoms with van der Waals surface area (Å²) < 4.78 is 4.61. The van der Waals surface area contributed by atoms with Crippen LogP contribution in [0.15, 0.2) is 170 Å². The number of nitrogens with zero attached hydrogens (tertiary/aromatic N) is 4. The number of pyridine rings is 1. The first-order valence-corrected chi connectivity index (χ1v) is 18.3. The lowest BCUT2D eigenvalue weighted by Crippen LogP contribution is -1.98. The monoisotopic (exact) mass is 680 g/mol. The van der Waals surface area contributed by atoms with Gasteiger partial charge in [-0.1, -0.05) is 127 Å². The standard InChI is InChI=1S/C47H28N4S/c1-3-11-29(12-4-1)33-21-26-41-37(27-33)45-46(52-41)44(32-15-5-2-6-16-32)49-47(50-45)38-23-22-34(28-48-38)51-39-24-19-30-13-7-9-17-35(30)42(39)43-36-18-10-8-14-31(36)20-25-40(43)51/h1-28H. The minimum absolute atomic E-state index is 0.613. The van der Waals surface area contributed by atoms with Gasteiger partial charge in [-0.2, -0.15) is 0 Å². The molecule has 0 aliphatic heterocycles. The lowest BCUT2D eigenvalue weighted by atomic mass is 10.00. The average molecular weight is 681 g/mol. The zero-order valence-electron chi connectivity index (χ0n) is 27.9. The summed E-state index contributed by atoms with van der Waals surface area (Å²) in [5.41, 5.74) is 9.33. The molecule has 0 spiro atoms. The van der Waals surface area contributed by atoms with E-state index in [4.69, 9.17) is 15.0 Å². The molecule has 4 heterocycles. The predicted molar refractivity (Wildman–Crippen MR) is 218 cm³/mol. The van der Waals surface area contributed by atoms with Gasteiger partial charge in [0, 0.05) is 26.4 Å². The zero-order chi connectivity index (χ0) is 34.2. The van der Waals surface area contributed by atoms with Crippen LogP contribution in [0.25, 0.3) is 103 Å². The molecule has 11 aromatic rings. The number of rotatable bonds is 4. The van der Waals surface area contributed by atoms with Gasteiger partial charge in [0.2, 0.25) is 0 Å². The summed E-state index contributed by atoms with van der Waals surface area (Å²) in [5.74, 6) is 0.613. The van der Waals surface area contributed by atoms with Crippen LogP contribution in [-0.4, -0.2) is 19.5 Å². The largest absolute Gasteiger partial charge is 0.308 e. The summed E-state index contributed by atoms with van der Waals surface area (Å²) in [5, 5.41) is 8.60. The Bertz CT molecular complexity index is 3070. The Hall–Kier alpha value is -6.69. The van der Waals surface area contributed by atoms with Crippen molar-refractivity contribution in [3.63, 3.8) is 0 Å². The van der Waals surface area contributed by atoms with Crippen molar-refractivity contribution in [2.45, 2.75) is 0 Å². The van der Waals surface area contributed by atoms with Crippen LogP contribution in [0.2, 0.25) is 0 Å². The van der Waals surface area contributed by atoms with Gasteiger partial charge in [-0.15, -0.1) is 11.3 Å². The van der Waals surface area contributed by atoms with E-state index in [-0.39, 0.29) is 0 Å². The molecule has 4 aromatic heterocycles. The third-order valence-corrected chi connectivity index (χ3v) is 11.4. The van der Waals surface area contributed by atoms with Gasteiger partial charge in [-0.3, -0.25) is 4.98 Å². The Morgan fingerprint density at radius 2 is 1.12 bits per heavy atom. The molecule has 0 fully saturated rings. The average Bonchev–Trinajstić information content (AvgIpc) is 3.77. The lowest BCUT2D eigenvalue weighted by molar-refractivity contribution is 1.12. The van der Waals surface area contributed by atoms with Crippen molar-refractivity contribution in [3.05, 3.63) is 170 Å². The third kappa shape index (κ3) is 4.43. The smallest absolute Gasteiger partial charge is 0.179 e. The highest BCUT2D eigenvalue weighted by molar-refractivity contribution is 7.26. The van der Waals surface area contributed by atoms with Crippen LogP contribution >= 0.6 is 11.3 Å². The van der Waals surface area contributed by atoms with Crippen LogP contribution in [0.5, 0.6) is 0 Å². The van der Waals surface area contributed by atoms with Crippen molar-refractivity contribution in [2.24, 2.45) is 0 Å². The first kappa shape index (κ1) is 29.1. The van der Waals surface area contributed by atoms with Crippen molar-refractivity contribution in [1.29, 1.82) is 0 Å². The molecule has 0 N–H and O–H groups in total. The van der Waals surface area contributed by atoms with Gasteiger partial charge in [-0.25, -0.2) is 9.97 Å². The van der Waals surface area contributed by atoms with Crippen LogP contribution in [-0.2, 0) is 0 Å². The van der Waals surface area contributed by atoms with E-state index in [9.17, 15) is 0 Å². The van der Waals surface area contributed by atoms with Gasteiger partial charge in [-0.05, 0) is 69.1 Å². The van der Waals surface area contributed by atoms with Crippen molar-refractivity contribution >= 4 is 75.0 Å². The van der Waals surface area contributed by atoms with E-state index in [1.54, 1.807) is 11.3 Å². The predicted octanol–water partition coefficient (Wildman–Crippen LogP) is 12.6. The fourth-order valence-corrected chi connectivity index (χ4v) is 8.97. The van der Waals surface area contributed by atoms with Crippen molar-refractivity contribution in [2.75, 3.05) is 0 Å². The van der Waals surface area contributed by atoms with E-state index in [0.29, 0.717) is 5.82 Å². The Kier molecular flexibility index (Phi) is 6.39. The number of hydrogen-bond acceptors (Lipinski definition) is 4. The highest BCUT2D eigenvalue weighted by atomic mass is 32.1. The van der Waals surface area contributed by atoms with E-state index in [1.807, 2.05) is 12.3 Å². The summed E-state index contributed by atoms with van der Waals surface area (Å²) in [6.07, 6.45) is 1.97. The Labute approximate surface area is 302 Å². The molecular weight excluding hydrogens is 653 g/mol. The fraction of sp³-hybridized carbons (Fsp3) is 0. The molecule has 0 aliphatic rings. The minimum atomic E-state index is 0.613. The number of benzene rings is 7. The summed E-state index contributed by atoms with van der Waals surface area (Å²) in [7, 11) is 0. The van der Waals surface area contributed by atoms with Crippen LogP contribution < -0.4 is 0 Å². The topological polar surface area (TPSA) is 43.6 Å². The minimum Gasteiger partial charge on any atom is -0.308 e. The second-order valence-corrected chi connectivity index (χ2v) is 14.3. The number of fused-ring (bicyclic) bond motifs is 10. The maximum Gasteiger partial charge on any atom is 0.179 e. The normalized spacial score (nSPS) is 11.8. The summed E-state index contributed by atoms with van der Waals surface area (Å²) in [6.45, 7) is 0. The molecule has 11 rings (SSSR count). The molecular formula is C47H28N4S. The molecule has 0 saturated carbocycles. The summed E-state index contributed by atoms with van der Waals surface area (Å²) in [4.78, 5) is 15.5. The second-order valence-electron chi connectivity index (χ2n) is 13.2. The van der Waals surface area contributed by atoms with E-state index >= 15 is 0 Å². The van der Waals surface area contributed by atoms with Crippen LogP contribution in [0.3, 0.4) is 0 Å².